The molecule has 112 valence electrons. The van der Waals surface area contributed by atoms with Crippen LogP contribution in [-0.2, 0) is 13.0 Å². The first kappa shape index (κ1) is 15.3. The Morgan fingerprint density at radius 2 is 1.95 bits per heavy atom. The highest BCUT2D eigenvalue weighted by molar-refractivity contribution is 5.41. The molecule has 5 heteroatoms. The molecule has 0 aromatic carbocycles. The van der Waals surface area contributed by atoms with Crippen molar-refractivity contribution in [1.29, 1.82) is 0 Å². The van der Waals surface area contributed by atoms with E-state index >= 15 is 0 Å². The minimum atomic E-state index is 0.389. The zero-order chi connectivity index (χ0) is 15.2. The average molecular weight is 287 g/mol. The Balaban J connectivity index is 2.06. The standard InChI is InChI=1S/C16H21N3O2/c1-11-8-19-15(12(2)16(11)20-3)10-21-14-5-4-13(6-7-17)18-9-14/h4-5,8-9H,6-7,10,17H2,1-3H3. The van der Waals surface area contributed by atoms with E-state index < -0.39 is 0 Å². The topological polar surface area (TPSA) is 70.3 Å². The molecule has 21 heavy (non-hydrogen) atoms. The number of nitrogens with two attached hydrogens (primary N) is 1. The Morgan fingerprint density at radius 1 is 1.14 bits per heavy atom. The van der Waals surface area contributed by atoms with E-state index in [1.165, 1.54) is 0 Å². The molecule has 0 atom stereocenters. The second kappa shape index (κ2) is 7.04. The van der Waals surface area contributed by atoms with E-state index in [2.05, 4.69) is 9.97 Å². The molecular weight excluding hydrogens is 266 g/mol. The minimum Gasteiger partial charge on any atom is -0.496 e. The second-order valence-corrected chi connectivity index (χ2v) is 4.86. The van der Waals surface area contributed by atoms with Gasteiger partial charge in [0.15, 0.2) is 0 Å². The summed E-state index contributed by atoms with van der Waals surface area (Å²) < 4.78 is 11.1. The highest BCUT2D eigenvalue weighted by Gasteiger charge is 2.10. The molecule has 0 aliphatic rings. The van der Waals surface area contributed by atoms with Gasteiger partial charge in [0.2, 0.25) is 0 Å². The number of pyridine rings is 2. The number of ether oxygens (including phenoxy) is 2. The van der Waals surface area contributed by atoms with Crippen LogP contribution in [0.25, 0.3) is 0 Å². The van der Waals surface area contributed by atoms with Gasteiger partial charge in [-0.2, -0.15) is 0 Å². The van der Waals surface area contributed by atoms with Gasteiger partial charge in [0, 0.05) is 29.4 Å². The summed E-state index contributed by atoms with van der Waals surface area (Å²) in [4.78, 5) is 8.71. The van der Waals surface area contributed by atoms with Crippen LogP contribution in [0.3, 0.4) is 0 Å². The molecule has 0 aliphatic carbocycles. The molecule has 2 rings (SSSR count). The molecule has 5 nitrogen and oxygen atoms in total. The second-order valence-electron chi connectivity index (χ2n) is 4.86. The third kappa shape index (κ3) is 3.70. The van der Waals surface area contributed by atoms with Crippen LogP contribution in [0.4, 0.5) is 0 Å². The maximum Gasteiger partial charge on any atom is 0.138 e. The lowest BCUT2D eigenvalue weighted by molar-refractivity contribution is 0.297. The van der Waals surface area contributed by atoms with E-state index in [1.54, 1.807) is 19.5 Å². The maximum absolute atomic E-state index is 5.73. The highest BCUT2D eigenvalue weighted by Crippen LogP contribution is 2.24. The van der Waals surface area contributed by atoms with Gasteiger partial charge in [-0.3, -0.25) is 9.97 Å². The number of hydrogen-bond acceptors (Lipinski definition) is 5. The van der Waals surface area contributed by atoms with Gasteiger partial charge in [0.05, 0.1) is 19.0 Å². The summed E-state index contributed by atoms with van der Waals surface area (Å²) in [6.45, 7) is 4.95. The van der Waals surface area contributed by atoms with Crippen molar-refractivity contribution in [3.8, 4) is 11.5 Å². The molecule has 2 aromatic rings. The van der Waals surface area contributed by atoms with Gasteiger partial charge in [-0.1, -0.05) is 0 Å². The van der Waals surface area contributed by atoms with Gasteiger partial charge in [-0.15, -0.1) is 0 Å². The van der Waals surface area contributed by atoms with E-state index in [0.29, 0.717) is 13.2 Å². The molecule has 0 spiro atoms. The van der Waals surface area contributed by atoms with Crippen LogP contribution in [-0.4, -0.2) is 23.6 Å². The van der Waals surface area contributed by atoms with Crippen molar-refractivity contribution < 1.29 is 9.47 Å². The predicted octanol–water partition coefficient (Wildman–Crippen LogP) is 2.18. The number of methoxy groups -OCH3 is 1. The molecule has 0 saturated carbocycles. The van der Waals surface area contributed by atoms with Gasteiger partial charge < -0.3 is 15.2 Å². The van der Waals surface area contributed by atoms with Gasteiger partial charge in [0.1, 0.15) is 18.1 Å². The van der Waals surface area contributed by atoms with Crippen LogP contribution < -0.4 is 15.2 Å². The molecule has 0 unspecified atom stereocenters. The number of nitrogens with zero attached hydrogens (tertiary/aromatic N) is 2. The van der Waals surface area contributed by atoms with Crippen molar-refractivity contribution in [3.05, 3.63) is 47.0 Å². The average Bonchev–Trinajstić information content (AvgIpc) is 2.49. The Bertz CT molecular complexity index is 597. The summed E-state index contributed by atoms with van der Waals surface area (Å²) in [6, 6.07) is 3.83. The fourth-order valence-electron chi connectivity index (χ4n) is 2.16. The van der Waals surface area contributed by atoms with Gasteiger partial charge in [0.25, 0.3) is 0 Å². The van der Waals surface area contributed by atoms with Crippen molar-refractivity contribution in [3.63, 3.8) is 0 Å². The highest BCUT2D eigenvalue weighted by atomic mass is 16.5. The van der Waals surface area contributed by atoms with E-state index in [0.717, 1.165) is 40.4 Å². The number of rotatable bonds is 6. The molecule has 0 radical (unpaired) electrons. The normalized spacial score (nSPS) is 10.5. The first-order valence-electron chi connectivity index (χ1n) is 6.92. The molecule has 0 amide bonds. The predicted molar refractivity (Wildman–Crippen MR) is 81.6 cm³/mol. The van der Waals surface area contributed by atoms with Crippen LogP contribution in [0.2, 0.25) is 0 Å². The SMILES string of the molecule is COc1c(C)cnc(COc2ccc(CCN)nc2)c1C. The molecule has 0 aliphatic heterocycles. The van der Waals surface area contributed by atoms with Crippen molar-refractivity contribution in [2.45, 2.75) is 26.9 Å². The molecule has 0 fully saturated rings. The quantitative estimate of drug-likeness (QED) is 0.881. The number of hydrogen-bond donors (Lipinski definition) is 1. The molecule has 0 bridgehead atoms. The van der Waals surface area contributed by atoms with Crippen LogP contribution in [0.1, 0.15) is 22.5 Å². The van der Waals surface area contributed by atoms with Gasteiger partial charge in [-0.25, -0.2) is 0 Å². The third-order valence-corrected chi connectivity index (χ3v) is 3.32. The molecule has 2 heterocycles. The monoisotopic (exact) mass is 287 g/mol. The largest absolute Gasteiger partial charge is 0.496 e. The van der Waals surface area contributed by atoms with E-state index in [4.69, 9.17) is 15.2 Å². The lowest BCUT2D eigenvalue weighted by atomic mass is 10.1. The third-order valence-electron chi connectivity index (χ3n) is 3.32. The zero-order valence-corrected chi connectivity index (χ0v) is 12.7. The number of aryl methyl sites for hydroxylation is 1. The van der Waals surface area contributed by atoms with Crippen molar-refractivity contribution >= 4 is 0 Å². The molecule has 2 N–H and O–H groups in total. The van der Waals surface area contributed by atoms with Crippen LogP contribution in [0.5, 0.6) is 11.5 Å². The fourth-order valence-corrected chi connectivity index (χ4v) is 2.16. The Hall–Kier alpha value is -2.14. The first-order chi connectivity index (χ1) is 10.2. The fraction of sp³-hybridized carbons (Fsp3) is 0.375. The van der Waals surface area contributed by atoms with Gasteiger partial charge >= 0.3 is 0 Å². The van der Waals surface area contributed by atoms with Crippen LogP contribution in [0, 0.1) is 13.8 Å². The van der Waals surface area contributed by atoms with Crippen molar-refractivity contribution in [2.24, 2.45) is 5.73 Å². The Morgan fingerprint density at radius 3 is 2.57 bits per heavy atom. The Kier molecular flexibility index (Phi) is 5.11. The Labute approximate surface area is 125 Å². The van der Waals surface area contributed by atoms with Crippen molar-refractivity contribution in [2.75, 3.05) is 13.7 Å². The number of aromatic nitrogens is 2. The summed E-state index contributed by atoms with van der Waals surface area (Å²) in [5.41, 5.74) is 9.36. The summed E-state index contributed by atoms with van der Waals surface area (Å²) in [6.07, 6.45) is 4.29. The van der Waals surface area contributed by atoms with Crippen LogP contribution >= 0.6 is 0 Å². The van der Waals surface area contributed by atoms with Crippen LogP contribution in [0.15, 0.2) is 24.5 Å². The van der Waals surface area contributed by atoms with Crippen molar-refractivity contribution in [1.82, 2.24) is 9.97 Å². The van der Waals surface area contributed by atoms with E-state index in [-0.39, 0.29) is 0 Å². The maximum atomic E-state index is 5.73. The lowest BCUT2D eigenvalue weighted by Gasteiger charge is -2.13. The zero-order valence-electron chi connectivity index (χ0n) is 12.7. The summed E-state index contributed by atoms with van der Waals surface area (Å²) in [7, 11) is 1.67. The van der Waals surface area contributed by atoms with Gasteiger partial charge in [-0.05, 0) is 32.5 Å². The lowest BCUT2D eigenvalue weighted by Crippen LogP contribution is -2.05. The van der Waals surface area contributed by atoms with E-state index in [1.807, 2.05) is 26.0 Å². The first-order valence-corrected chi connectivity index (χ1v) is 6.92. The molecule has 2 aromatic heterocycles. The summed E-state index contributed by atoms with van der Waals surface area (Å²) in [5, 5.41) is 0. The van der Waals surface area contributed by atoms with E-state index in [9.17, 15) is 0 Å². The molecular formula is C16H21N3O2. The minimum absolute atomic E-state index is 0.389. The summed E-state index contributed by atoms with van der Waals surface area (Å²) >= 11 is 0. The molecule has 0 saturated heterocycles. The summed E-state index contributed by atoms with van der Waals surface area (Å²) in [5.74, 6) is 1.58. The smallest absolute Gasteiger partial charge is 0.138 e.